The van der Waals surface area contributed by atoms with Crippen LogP contribution in [-0.4, -0.2) is 27.0 Å². The summed E-state index contributed by atoms with van der Waals surface area (Å²) < 4.78 is 1.94. The molecule has 3 N–H and O–H groups in total. The number of fused-ring (bicyclic) bond motifs is 2. The highest BCUT2D eigenvalue weighted by molar-refractivity contribution is 6.10. The molecule has 1 aromatic carbocycles. The Morgan fingerprint density at radius 1 is 1.25 bits per heavy atom. The highest BCUT2D eigenvalue weighted by Gasteiger charge is 2.23. The molecule has 1 aliphatic carbocycles. The standard InChI is InChI=1S/C22H25N5O/c1-2-13-24-22(28)18-19-21(26-17-11-7-6-10-16(17)25-19)27(20(18)23)14-12-15-8-4-3-5-9-15/h2,6-8,10-11H,1,3-5,9,12-14,23H2,(H,24,28). The number of benzene rings is 1. The van der Waals surface area contributed by atoms with E-state index in [1.807, 2.05) is 28.8 Å². The van der Waals surface area contributed by atoms with E-state index < -0.39 is 0 Å². The molecule has 0 spiro atoms. The van der Waals surface area contributed by atoms with Gasteiger partial charge in [0.25, 0.3) is 5.91 Å². The largest absolute Gasteiger partial charge is 0.384 e. The van der Waals surface area contributed by atoms with Gasteiger partial charge in [-0.1, -0.05) is 29.9 Å². The Hall–Kier alpha value is -3.15. The second-order valence-corrected chi connectivity index (χ2v) is 7.15. The number of para-hydroxylation sites is 2. The van der Waals surface area contributed by atoms with Crippen LogP contribution < -0.4 is 11.1 Å². The lowest BCUT2D eigenvalue weighted by Crippen LogP contribution is -2.24. The molecule has 0 aliphatic heterocycles. The number of nitrogens with zero attached hydrogens (tertiary/aromatic N) is 3. The van der Waals surface area contributed by atoms with E-state index >= 15 is 0 Å². The normalized spacial score (nSPS) is 14.2. The maximum Gasteiger partial charge on any atom is 0.257 e. The van der Waals surface area contributed by atoms with Gasteiger partial charge in [0.05, 0.1) is 11.0 Å². The molecule has 0 fully saturated rings. The highest BCUT2D eigenvalue weighted by Crippen LogP contribution is 2.29. The van der Waals surface area contributed by atoms with Crippen molar-refractivity contribution in [1.29, 1.82) is 0 Å². The number of nitrogens with two attached hydrogens (primary N) is 1. The Kier molecular flexibility index (Phi) is 5.10. The number of nitrogens with one attached hydrogen (secondary N) is 1. The molecule has 144 valence electrons. The van der Waals surface area contributed by atoms with E-state index in [0.29, 0.717) is 35.6 Å². The highest BCUT2D eigenvalue weighted by atomic mass is 16.1. The van der Waals surface area contributed by atoms with E-state index in [0.717, 1.165) is 30.3 Å². The van der Waals surface area contributed by atoms with Gasteiger partial charge >= 0.3 is 0 Å². The van der Waals surface area contributed by atoms with Gasteiger partial charge in [-0.05, 0) is 44.2 Å². The van der Waals surface area contributed by atoms with Gasteiger partial charge in [0.1, 0.15) is 16.9 Å². The van der Waals surface area contributed by atoms with Gasteiger partial charge in [-0.3, -0.25) is 4.79 Å². The monoisotopic (exact) mass is 375 g/mol. The third-order valence-electron chi connectivity index (χ3n) is 5.27. The van der Waals surface area contributed by atoms with Crippen LogP contribution in [0.3, 0.4) is 0 Å². The molecule has 2 heterocycles. The first-order chi connectivity index (χ1) is 13.7. The van der Waals surface area contributed by atoms with Gasteiger partial charge in [-0.25, -0.2) is 9.97 Å². The number of hydrogen-bond acceptors (Lipinski definition) is 4. The van der Waals surface area contributed by atoms with Crippen molar-refractivity contribution in [2.24, 2.45) is 0 Å². The number of allylic oxidation sites excluding steroid dienone is 2. The number of hydrogen-bond donors (Lipinski definition) is 2. The topological polar surface area (TPSA) is 85.8 Å². The molecule has 6 nitrogen and oxygen atoms in total. The Morgan fingerprint density at radius 3 is 2.75 bits per heavy atom. The summed E-state index contributed by atoms with van der Waals surface area (Å²) in [7, 11) is 0. The molecule has 0 bridgehead atoms. The fourth-order valence-electron chi connectivity index (χ4n) is 3.81. The Balaban J connectivity index is 1.81. The third kappa shape index (κ3) is 3.38. The molecular weight excluding hydrogens is 350 g/mol. The summed E-state index contributed by atoms with van der Waals surface area (Å²) in [6.07, 6.45) is 9.69. The minimum Gasteiger partial charge on any atom is -0.384 e. The van der Waals surface area contributed by atoms with Gasteiger partial charge in [0.15, 0.2) is 5.65 Å². The molecule has 3 aromatic rings. The number of aromatic nitrogens is 3. The maximum absolute atomic E-state index is 12.8. The SMILES string of the molecule is C=CCNC(=O)c1c(N)n(CCC2=CCCCC2)c2nc3ccccc3nc12. The zero-order chi connectivity index (χ0) is 19.5. The molecule has 0 saturated carbocycles. The van der Waals surface area contributed by atoms with Crippen LogP contribution in [0, 0.1) is 0 Å². The molecular formula is C22H25N5O. The van der Waals surface area contributed by atoms with E-state index in [4.69, 9.17) is 15.7 Å². The van der Waals surface area contributed by atoms with Crippen molar-refractivity contribution in [2.45, 2.75) is 38.6 Å². The lowest BCUT2D eigenvalue weighted by atomic mass is 9.97. The number of aryl methyl sites for hydroxylation is 1. The third-order valence-corrected chi connectivity index (χ3v) is 5.27. The Morgan fingerprint density at radius 2 is 2.04 bits per heavy atom. The average Bonchev–Trinajstić information content (AvgIpc) is 3.00. The van der Waals surface area contributed by atoms with E-state index in [9.17, 15) is 4.79 Å². The molecule has 1 amide bonds. The summed E-state index contributed by atoms with van der Waals surface area (Å²) in [5, 5.41) is 2.82. The number of amides is 1. The van der Waals surface area contributed by atoms with E-state index in [2.05, 4.69) is 18.0 Å². The predicted molar refractivity (Wildman–Crippen MR) is 113 cm³/mol. The summed E-state index contributed by atoms with van der Waals surface area (Å²) in [5.41, 5.74) is 11.1. The second kappa shape index (κ2) is 7.84. The Labute approximate surface area is 164 Å². The van der Waals surface area contributed by atoms with Crippen LogP contribution in [0.5, 0.6) is 0 Å². The first-order valence-corrected chi connectivity index (χ1v) is 9.80. The zero-order valence-corrected chi connectivity index (χ0v) is 15.9. The minimum absolute atomic E-state index is 0.248. The Bertz CT molecular complexity index is 1080. The number of carbonyl (C=O) groups excluding carboxylic acids is 1. The van der Waals surface area contributed by atoms with Crippen molar-refractivity contribution in [3.05, 3.63) is 54.1 Å². The van der Waals surface area contributed by atoms with Crippen LogP contribution in [0.2, 0.25) is 0 Å². The van der Waals surface area contributed by atoms with Crippen LogP contribution in [0.1, 0.15) is 42.5 Å². The number of nitrogen functional groups attached to an aromatic ring is 1. The quantitative estimate of drug-likeness (QED) is 0.638. The van der Waals surface area contributed by atoms with Crippen molar-refractivity contribution in [1.82, 2.24) is 19.9 Å². The first kappa shape index (κ1) is 18.2. The maximum atomic E-state index is 12.8. The zero-order valence-electron chi connectivity index (χ0n) is 15.9. The van der Waals surface area contributed by atoms with Gasteiger partial charge in [0, 0.05) is 13.1 Å². The molecule has 6 heteroatoms. The summed E-state index contributed by atoms with van der Waals surface area (Å²) in [6.45, 7) is 4.72. The number of carbonyl (C=O) groups is 1. The minimum atomic E-state index is -0.248. The average molecular weight is 375 g/mol. The van der Waals surface area contributed by atoms with Crippen molar-refractivity contribution >= 4 is 33.9 Å². The van der Waals surface area contributed by atoms with Crippen molar-refractivity contribution in [3.8, 4) is 0 Å². The molecule has 1 aliphatic rings. The van der Waals surface area contributed by atoms with Crippen molar-refractivity contribution in [2.75, 3.05) is 12.3 Å². The second-order valence-electron chi connectivity index (χ2n) is 7.15. The first-order valence-electron chi connectivity index (χ1n) is 9.80. The summed E-state index contributed by atoms with van der Waals surface area (Å²) in [6, 6.07) is 7.67. The summed E-state index contributed by atoms with van der Waals surface area (Å²) in [4.78, 5) is 22.3. The molecule has 0 atom stereocenters. The van der Waals surface area contributed by atoms with Crippen LogP contribution in [-0.2, 0) is 6.54 Å². The van der Waals surface area contributed by atoms with E-state index in [1.165, 1.54) is 18.4 Å². The van der Waals surface area contributed by atoms with Crippen LogP contribution in [0.25, 0.3) is 22.2 Å². The van der Waals surface area contributed by atoms with Gasteiger partial charge in [-0.15, -0.1) is 6.58 Å². The molecule has 0 saturated heterocycles. The summed E-state index contributed by atoms with van der Waals surface area (Å²) in [5.74, 6) is 0.172. The van der Waals surface area contributed by atoms with Crippen LogP contribution in [0.15, 0.2) is 48.6 Å². The van der Waals surface area contributed by atoms with Gasteiger partial charge < -0.3 is 15.6 Å². The molecule has 0 unspecified atom stereocenters. The van der Waals surface area contributed by atoms with Gasteiger partial charge in [0.2, 0.25) is 0 Å². The lowest BCUT2D eigenvalue weighted by molar-refractivity contribution is 0.0960. The molecule has 28 heavy (non-hydrogen) atoms. The van der Waals surface area contributed by atoms with Crippen LogP contribution >= 0.6 is 0 Å². The molecule has 0 radical (unpaired) electrons. The van der Waals surface area contributed by atoms with E-state index in [-0.39, 0.29) is 5.91 Å². The molecule has 4 rings (SSSR count). The van der Waals surface area contributed by atoms with Gasteiger partial charge in [-0.2, -0.15) is 0 Å². The fraction of sp³-hybridized carbons (Fsp3) is 0.318. The van der Waals surface area contributed by atoms with Crippen molar-refractivity contribution < 1.29 is 4.79 Å². The predicted octanol–water partition coefficient (Wildman–Crippen LogP) is 3.97. The number of rotatable bonds is 6. The van der Waals surface area contributed by atoms with Crippen LogP contribution in [0.4, 0.5) is 5.82 Å². The lowest BCUT2D eigenvalue weighted by Gasteiger charge is -2.14. The summed E-state index contributed by atoms with van der Waals surface area (Å²) >= 11 is 0. The van der Waals surface area contributed by atoms with Crippen molar-refractivity contribution in [3.63, 3.8) is 0 Å². The fourth-order valence-corrected chi connectivity index (χ4v) is 3.81. The smallest absolute Gasteiger partial charge is 0.257 e. The molecule has 2 aromatic heterocycles. The van der Waals surface area contributed by atoms with E-state index in [1.54, 1.807) is 6.08 Å². The number of anilines is 1.